The van der Waals surface area contributed by atoms with Crippen molar-refractivity contribution in [2.75, 3.05) is 5.32 Å². The molecule has 0 fully saturated rings. The van der Waals surface area contributed by atoms with Crippen molar-refractivity contribution in [3.63, 3.8) is 0 Å². The molecule has 8 heteroatoms. The lowest BCUT2D eigenvalue weighted by atomic mass is 10.0. The molecule has 2 N–H and O–H groups in total. The van der Waals surface area contributed by atoms with E-state index in [2.05, 4.69) is 15.6 Å². The third-order valence-electron chi connectivity index (χ3n) is 5.12. The summed E-state index contributed by atoms with van der Waals surface area (Å²) in [5.74, 6) is -3.37. The van der Waals surface area contributed by atoms with Crippen LogP contribution in [0.1, 0.15) is 24.2 Å². The zero-order chi connectivity index (χ0) is 23.5. The highest BCUT2D eigenvalue weighted by atomic mass is 19.1. The molecule has 2 amide bonds. The molecule has 0 saturated carbocycles. The van der Waals surface area contributed by atoms with Crippen LogP contribution in [-0.4, -0.2) is 22.8 Å². The topological polar surface area (TPSA) is 84.2 Å². The van der Waals surface area contributed by atoms with E-state index in [1.807, 2.05) is 24.3 Å². The summed E-state index contributed by atoms with van der Waals surface area (Å²) >= 11 is 0. The third-order valence-corrected chi connectivity index (χ3v) is 5.12. The Bertz CT molecular complexity index is 1260. The zero-order valence-corrected chi connectivity index (χ0v) is 17.9. The molecule has 0 saturated heterocycles. The minimum atomic E-state index is -1.01. The number of aromatic nitrogens is 1. The number of anilines is 1. The highest BCUT2D eigenvalue weighted by Gasteiger charge is 2.27. The fourth-order valence-electron chi connectivity index (χ4n) is 3.37. The second-order valence-corrected chi connectivity index (χ2v) is 7.85. The van der Waals surface area contributed by atoms with Crippen LogP contribution in [0.4, 0.5) is 14.5 Å². The number of carbonyl (C=O) groups is 2. The first-order valence-electron chi connectivity index (χ1n) is 10.3. The molecule has 6 nitrogen and oxygen atoms in total. The maximum Gasteiger partial charge on any atom is 0.257 e. The molecular weight excluding hydrogens is 428 g/mol. The molecule has 0 spiro atoms. The van der Waals surface area contributed by atoms with Crippen molar-refractivity contribution in [2.45, 2.75) is 19.9 Å². The maximum atomic E-state index is 13.9. The van der Waals surface area contributed by atoms with Crippen LogP contribution in [0.3, 0.4) is 0 Å². The SMILES string of the molecule is CC(C)C(NC(=O)c1c(F)cccc1F)C(=O)Nc1ccc(-c2nc3ccccc3o2)cc1. The first-order valence-corrected chi connectivity index (χ1v) is 10.3. The molecule has 33 heavy (non-hydrogen) atoms. The van der Waals surface area contributed by atoms with Gasteiger partial charge in [0.05, 0.1) is 0 Å². The van der Waals surface area contributed by atoms with Gasteiger partial charge in [0, 0.05) is 11.3 Å². The predicted molar refractivity (Wildman–Crippen MR) is 121 cm³/mol. The minimum absolute atomic E-state index is 0.331. The third kappa shape index (κ3) is 4.74. The monoisotopic (exact) mass is 449 g/mol. The largest absolute Gasteiger partial charge is 0.436 e. The van der Waals surface area contributed by atoms with Crippen molar-refractivity contribution in [3.05, 3.63) is 83.9 Å². The number of hydrogen-bond acceptors (Lipinski definition) is 4. The number of nitrogens with one attached hydrogen (secondary N) is 2. The van der Waals surface area contributed by atoms with Crippen LogP contribution in [0.25, 0.3) is 22.6 Å². The lowest BCUT2D eigenvalue weighted by Gasteiger charge is -2.22. The van der Waals surface area contributed by atoms with Gasteiger partial charge in [0.15, 0.2) is 5.58 Å². The normalized spacial score (nSPS) is 12.0. The second kappa shape index (κ2) is 9.20. The van der Waals surface area contributed by atoms with Gasteiger partial charge in [0.1, 0.15) is 28.8 Å². The number of para-hydroxylation sites is 2. The number of nitrogens with zero attached hydrogens (tertiary/aromatic N) is 1. The Morgan fingerprint density at radius 1 is 0.909 bits per heavy atom. The molecule has 1 aromatic heterocycles. The van der Waals surface area contributed by atoms with E-state index in [9.17, 15) is 18.4 Å². The van der Waals surface area contributed by atoms with Gasteiger partial charge < -0.3 is 15.1 Å². The predicted octanol–water partition coefficient (Wildman–Crippen LogP) is 5.17. The van der Waals surface area contributed by atoms with E-state index < -0.39 is 35.1 Å². The zero-order valence-electron chi connectivity index (χ0n) is 17.9. The molecule has 3 aromatic carbocycles. The number of oxazole rings is 1. The minimum Gasteiger partial charge on any atom is -0.436 e. The quantitative estimate of drug-likeness (QED) is 0.426. The van der Waals surface area contributed by atoms with Crippen LogP contribution in [0.2, 0.25) is 0 Å². The van der Waals surface area contributed by atoms with Gasteiger partial charge >= 0.3 is 0 Å². The Kier molecular flexibility index (Phi) is 6.17. The summed E-state index contributed by atoms with van der Waals surface area (Å²) in [7, 11) is 0. The molecule has 0 bridgehead atoms. The summed E-state index contributed by atoms with van der Waals surface area (Å²) in [4.78, 5) is 29.7. The number of hydrogen-bond donors (Lipinski definition) is 2. The molecular formula is C25H21F2N3O3. The Morgan fingerprint density at radius 2 is 1.58 bits per heavy atom. The van der Waals surface area contributed by atoms with E-state index in [1.54, 1.807) is 38.1 Å². The Morgan fingerprint density at radius 3 is 2.21 bits per heavy atom. The van der Waals surface area contributed by atoms with Gasteiger partial charge in [0.25, 0.3) is 5.91 Å². The smallest absolute Gasteiger partial charge is 0.257 e. The van der Waals surface area contributed by atoms with Crippen LogP contribution in [-0.2, 0) is 4.79 Å². The maximum absolute atomic E-state index is 13.9. The summed E-state index contributed by atoms with van der Waals surface area (Å²) in [6, 6.07) is 16.4. The van der Waals surface area contributed by atoms with Gasteiger partial charge in [-0.1, -0.05) is 32.0 Å². The number of benzene rings is 3. The number of rotatable bonds is 6. The second-order valence-electron chi connectivity index (χ2n) is 7.85. The molecule has 4 rings (SSSR count). The average molecular weight is 449 g/mol. The fraction of sp³-hybridized carbons (Fsp3) is 0.160. The highest BCUT2D eigenvalue weighted by molar-refractivity contribution is 6.01. The fourth-order valence-corrected chi connectivity index (χ4v) is 3.37. The van der Waals surface area contributed by atoms with Gasteiger partial charge in [0.2, 0.25) is 11.8 Å². The Hall–Kier alpha value is -4.07. The van der Waals surface area contributed by atoms with Crippen molar-refractivity contribution in [3.8, 4) is 11.5 Å². The van der Waals surface area contributed by atoms with Crippen molar-refractivity contribution in [1.29, 1.82) is 0 Å². The van der Waals surface area contributed by atoms with E-state index >= 15 is 0 Å². The summed E-state index contributed by atoms with van der Waals surface area (Å²) in [5.41, 5.74) is 1.90. The first-order chi connectivity index (χ1) is 15.8. The van der Waals surface area contributed by atoms with Crippen molar-refractivity contribution in [1.82, 2.24) is 10.3 Å². The molecule has 0 aliphatic carbocycles. The van der Waals surface area contributed by atoms with E-state index in [1.165, 1.54) is 6.07 Å². The molecule has 0 radical (unpaired) electrons. The Labute approximate surface area is 188 Å². The van der Waals surface area contributed by atoms with E-state index in [0.717, 1.165) is 23.2 Å². The number of amides is 2. The average Bonchev–Trinajstić information content (AvgIpc) is 3.22. The molecule has 1 heterocycles. The molecule has 4 aromatic rings. The van der Waals surface area contributed by atoms with Crippen LogP contribution < -0.4 is 10.6 Å². The standard InChI is InChI=1S/C25H21F2N3O3/c1-14(2)22(30-23(31)21-17(26)6-5-7-18(21)27)24(32)28-16-12-10-15(11-13-16)25-29-19-8-3-4-9-20(19)33-25/h3-14,22H,1-2H3,(H,28,32)(H,30,31). The van der Waals surface area contributed by atoms with Crippen molar-refractivity contribution >= 4 is 28.6 Å². The van der Waals surface area contributed by atoms with E-state index in [-0.39, 0.29) is 5.92 Å². The lowest BCUT2D eigenvalue weighted by Crippen LogP contribution is -2.47. The van der Waals surface area contributed by atoms with Gasteiger partial charge in [-0.3, -0.25) is 9.59 Å². The van der Waals surface area contributed by atoms with Crippen LogP contribution in [0, 0.1) is 17.6 Å². The van der Waals surface area contributed by atoms with Gasteiger partial charge in [-0.2, -0.15) is 0 Å². The molecule has 0 aliphatic heterocycles. The highest BCUT2D eigenvalue weighted by Crippen LogP contribution is 2.25. The molecule has 0 aliphatic rings. The molecule has 168 valence electrons. The van der Waals surface area contributed by atoms with Crippen molar-refractivity contribution < 1.29 is 22.8 Å². The summed E-state index contributed by atoms with van der Waals surface area (Å²) < 4.78 is 33.6. The van der Waals surface area contributed by atoms with Gasteiger partial charge in [-0.15, -0.1) is 0 Å². The molecule has 1 unspecified atom stereocenters. The van der Waals surface area contributed by atoms with Crippen LogP contribution in [0.15, 0.2) is 71.1 Å². The van der Waals surface area contributed by atoms with Gasteiger partial charge in [-0.25, -0.2) is 13.8 Å². The molecule has 1 atom stereocenters. The van der Waals surface area contributed by atoms with Crippen molar-refractivity contribution in [2.24, 2.45) is 5.92 Å². The Balaban J connectivity index is 1.47. The summed E-state index contributed by atoms with van der Waals surface area (Å²) in [6.45, 7) is 3.44. The van der Waals surface area contributed by atoms with Crippen LogP contribution in [0.5, 0.6) is 0 Å². The number of carbonyl (C=O) groups excluding carboxylic acids is 2. The lowest BCUT2D eigenvalue weighted by molar-refractivity contribution is -0.118. The first kappa shape index (κ1) is 22.1. The van der Waals surface area contributed by atoms with E-state index in [0.29, 0.717) is 17.2 Å². The van der Waals surface area contributed by atoms with Gasteiger partial charge in [-0.05, 0) is 54.4 Å². The summed E-state index contributed by atoms with van der Waals surface area (Å²) in [6.07, 6.45) is 0. The van der Waals surface area contributed by atoms with Crippen LogP contribution >= 0.6 is 0 Å². The van der Waals surface area contributed by atoms with E-state index in [4.69, 9.17) is 4.42 Å². The number of fused-ring (bicyclic) bond motifs is 1. The number of halogens is 2. The summed E-state index contributed by atoms with van der Waals surface area (Å²) in [5, 5.41) is 5.15.